The Kier molecular flexibility index (Phi) is 9.07. The number of rotatable bonds is 8. The minimum Gasteiger partial charge on any atom is -0.497 e. The third-order valence-corrected chi connectivity index (χ3v) is 6.63. The van der Waals surface area contributed by atoms with E-state index in [1.54, 1.807) is 42.5 Å². The maximum atomic E-state index is 12.7. The van der Waals surface area contributed by atoms with Crippen molar-refractivity contribution in [2.45, 2.75) is 20.2 Å². The fraction of sp³-hybridized carbons (Fsp3) is 0.179. The van der Waals surface area contributed by atoms with Crippen LogP contribution in [0.2, 0.25) is 0 Å². The molecule has 0 radical (unpaired) electrons. The number of hydrogen-bond donors (Lipinski definition) is 1. The van der Waals surface area contributed by atoms with E-state index in [4.69, 9.17) is 10.5 Å². The van der Waals surface area contributed by atoms with Crippen molar-refractivity contribution >= 4 is 52.6 Å². The van der Waals surface area contributed by atoms with Gasteiger partial charge in [0, 0.05) is 5.56 Å². The molecular formula is C28H25F3N6O3S. The highest BCUT2D eigenvalue weighted by molar-refractivity contribution is 8.15. The van der Waals surface area contributed by atoms with Crippen LogP contribution in [0.15, 0.2) is 80.9 Å². The van der Waals surface area contributed by atoms with Gasteiger partial charge in [-0.05, 0) is 66.9 Å². The van der Waals surface area contributed by atoms with E-state index in [0.717, 1.165) is 34.5 Å². The molecule has 1 fully saturated rings. The Hall–Kier alpha value is -4.65. The van der Waals surface area contributed by atoms with Crippen LogP contribution < -0.4 is 20.1 Å². The number of alkyl halides is 3. The van der Waals surface area contributed by atoms with Crippen LogP contribution in [-0.4, -0.2) is 48.7 Å². The number of aliphatic imine (C=N–C) groups is 2. The van der Waals surface area contributed by atoms with Gasteiger partial charge in [0.2, 0.25) is 5.91 Å². The SMILES string of the molecule is COc1cc(C)c(N2C(=O)CS/C2=N/N=C\c2ccc(C(N)=NC=Nc3ccc(OC(F)(F)F)cc3)cc2)c(C)c1. The first kappa shape index (κ1) is 29.3. The van der Waals surface area contributed by atoms with Crippen LogP contribution in [0.3, 0.4) is 0 Å². The van der Waals surface area contributed by atoms with E-state index in [1.165, 1.54) is 30.2 Å². The lowest BCUT2D eigenvalue weighted by atomic mass is 10.1. The van der Waals surface area contributed by atoms with Crippen molar-refractivity contribution in [3.05, 3.63) is 82.9 Å². The van der Waals surface area contributed by atoms with Crippen LogP contribution in [0.4, 0.5) is 24.5 Å². The van der Waals surface area contributed by atoms with Gasteiger partial charge in [-0.15, -0.1) is 18.3 Å². The number of halogens is 3. The number of aryl methyl sites for hydroxylation is 2. The van der Waals surface area contributed by atoms with Gasteiger partial charge in [-0.1, -0.05) is 36.0 Å². The van der Waals surface area contributed by atoms with Crippen molar-refractivity contribution in [2.24, 2.45) is 25.9 Å². The summed E-state index contributed by atoms with van der Waals surface area (Å²) in [5.74, 6) is 0.763. The molecule has 3 aromatic rings. The number of amidine groups is 2. The van der Waals surface area contributed by atoms with E-state index in [-0.39, 0.29) is 23.2 Å². The summed E-state index contributed by atoms with van der Waals surface area (Å²) in [6.07, 6.45) is -1.99. The number of thioether (sulfide) groups is 1. The molecule has 0 spiro atoms. The van der Waals surface area contributed by atoms with Gasteiger partial charge in [-0.25, -0.2) is 9.98 Å². The summed E-state index contributed by atoms with van der Waals surface area (Å²) in [4.78, 5) is 22.4. The standard InChI is InChI=1S/C28H25F3N6O3S/c1-17-12-23(39-3)13-18(2)25(17)37-24(38)15-41-27(37)36-35-14-19-4-6-20(7-5-19)26(32)34-16-33-21-8-10-22(11-9-21)40-28(29,30)31/h4-14,16H,15H2,1-3H3,(H2,32,33,34)/b35-14-,36-27+. The molecule has 1 heterocycles. The fourth-order valence-corrected chi connectivity index (χ4v) is 4.70. The second-order valence-electron chi connectivity index (χ2n) is 8.68. The Balaban J connectivity index is 1.41. The average molecular weight is 583 g/mol. The Labute approximate surface area is 238 Å². The average Bonchev–Trinajstić information content (AvgIpc) is 3.28. The number of amides is 1. The molecule has 1 aliphatic rings. The number of carbonyl (C=O) groups excluding carboxylic acids is 1. The fourth-order valence-electron chi connectivity index (χ4n) is 3.89. The highest BCUT2D eigenvalue weighted by atomic mass is 32.2. The summed E-state index contributed by atoms with van der Waals surface area (Å²) < 4.78 is 45.9. The highest BCUT2D eigenvalue weighted by Gasteiger charge is 2.32. The van der Waals surface area contributed by atoms with Crippen LogP contribution in [0.5, 0.6) is 11.5 Å². The molecule has 0 atom stereocenters. The van der Waals surface area contributed by atoms with Crippen molar-refractivity contribution in [2.75, 3.05) is 17.8 Å². The minimum absolute atomic E-state index is 0.0737. The van der Waals surface area contributed by atoms with E-state index >= 15 is 0 Å². The number of ether oxygens (including phenoxy) is 2. The summed E-state index contributed by atoms with van der Waals surface area (Å²) >= 11 is 1.32. The predicted octanol–water partition coefficient (Wildman–Crippen LogP) is 5.75. The highest BCUT2D eigenvalue weighted by Crippen LogP contribution is 2.34. The number of hydrogen-bond acceptors (Lipinski definition) is 7. The Morgan fingerprint density at radius 1 is 1.02 bits per heavy atom. The zero-order valence-electron chi connectivity index (χ0n) is 22.2. The largest absolute Gasteiger partial charge is 0.573 e. The number of nitrogens with zero attached hydrogens (tertiary/aromatic N) is 5. The van der Waals surface area contributed by atoms with Crippen LogP contribution in [-0.2, 0) is 4.79 Å². The summed E-state index contributed by atoms with van der Waals surface area (Å²) in [5.41, 5.74) is 10.3. The molecule has 0 bridgehead atoms. The van der Waals surface area contributed by atoms with E-state index in [1.807, 2.05) is 26.0 Å². The van der Waals surface area contributed by atoms with Gasteiger partial charge in [-0.3, -0.25) is 9.69 Å². The van der Waals surface area contributed by atoms with Gasteiger partial charge in [0.25, 0.3) is 0 Å². The molecule has 0 aromatic heterocycles. The second-order valence-corrected chi connectivity index (χ2v) is 9.62. The molecule has 0 unspecified atom stereocenters. The van der Waals surface area contributed by atoms with Crippen LogP contribution in [0.25, 0.3) is 0 Å². The number of benzene rings is 3. The lowest BCUT2D eigenvalue weighted by molar-refractivity contribution is -0.274. The molecule has 9 nitrogen and oxygen atoms in total. The van der Waals surface area contributed by atoms with Crippen LogP contribution in [0.1, 0.15) is 22.3 Å². The molecule has 212 valence electrons. The molecule has 13 heteroatoms. The Morgan fingerprint density at radius 2 is 1.68 bits per heavy atom. The van der Waals surface area contributed by atoms with Crippen LogP contribution in [0, 0.1) is 13.8 Å². The lowest BCUT2D eigenvalue weighted by Gasteiger charge is -2.21. The number of anilines is 1. The zero-order valence-corrected chi connectivity index (χ0v) is 23.0. The van der Waals surface area contributed by atoms with Crippen LogP contribution >= 0.6 is 11.8 Å². The minimum atomic E-state index is -4.76. The zero-order chi connectivity index (χ0) is 29.6. The molecule has 1 amide bonds. The summed E-state index contributed by atoms with van der Waals surface area (Å²) in [5, 5.41) is 8.96. The molecule has 41 heavy (non-hydrogen) atoms. The summed E-state index contributed by atoms with van der Waals surface area (Å²) in [6, 6.07) is 15.8. The van der Waals surface area contributed by atoms with E-state index in [9.17, 15) is 18.0 Å². The van der Waals surface area contributed by atoms with Gasteiger partial charge in [0.1, 0.15) is 23.7 Å². The maximum absolute atomic E-state index is 12.7. The molecule has 3 aromatic carbocycles. The molecule has 4 rings (SSSR count). The topological polar surface area (TPSA) is 114 Å². The van der Waals surface area contributed by atoms with Gasteiger partial charge in [0.15, 0.2) is 5.17 Å². The number of methoxy groups -OCH3 is 1. The van der Waals surface area contributed by atoms with Crippen molar-refractivity contribution in [3.8, 4) is 11.5 Å². The number of nitrogens with two attached hydrogens (primary N) is 1. The Bertz CT molecular complexity index is 1510. The maximum Gasteiger partial charge on any atom is 0.573 e. The third kappa shape index (κ3) is 7.72. The Morgan fingerprint density at radius 3 is 2.29 bits per heavy atom. The molecule has 1 aliphatic heterocycles. The van der Waals surface area contributed by atoms with E-state index < -0.39 is 6.36 Å². The lowest BCUT2D eigenvalue weighted by Crippen LogP contribution is -2.30. The monoisotopic (exact) mass is 582 g/mol. The summed E-state index contributed by atoms with van der Waals surface area (Å²) in [6.45, 7) is 3.83. The van der Waals surface area contributed by atoms with Crippen molar-refractivity contribution < 1.29 is 27.4 Å². The first-order chi connectivity index (χ1) is 19.5. The number of carbonyl (C=O) groups is 1. The van der Waals surface area contributed by atoms with Gasteiger partial charge < -0.3 is 15.2 Å². The molecule has 0 aliphatic carbocycles. The van der Waals surface area contributed by atoms with Crippen molar-refractivity contribution in [1.82, 2.24) is 0 Å². The third-order valence-electron chi connectivity index (χ3n) is 5.72. The van der Waals surface area contributed by atoms with Crippen molar-refractivity contribution in [1.29, 1.82) is 0 Å². The first-order valence-electron chi connectivity index (χ1n) is 12.1. The molecule has 1 saturated heterocycles. The predicted molar refractivity (Wildman–Crippen MR) is 156 cm³/mol. The van der Waals surface area contributed by atoms with Gasteiger partial charge in [0.05, 0.1) is 30.5 Å². The van der Waals surface area contributed by atoms with Crippen molar-refractivity contribution in [3.63, 3.8) is 0 Å². The smallest absolute Gasteiger partial charge is 0.497 e. The normalized spacial score (nSPS) is 15.5. The van der Waals surface area contributed by atoms with E-state index in [0.29, 0.717) is 22.2 Å². The van der Waals surface area contributed by atoms with Gasteiger partial charge >= 0.3 is 6.36 Å². The van der Waals surface area contributed by atoms with E-state index in [2.05, 4.69) is 24.9 Å². The second kappa shape index (κ2) is 12.7. The quantitative estimate of drug-likeness (QED) is 0.207. The molecular weight excluding hydrogens is 557 g/mol. The molecule has 2 N–H and O–H groups in total. The summed E-state index contributed by atoms with van der Waals surface area (Å²) in [7, 11) is 1.60. The molecule has 0 saturated carbocycles. The first-order valence-corrected chi connectivity index (χ1v) is 13.1. The van der Waals surface area contributed by atoms with Gasteiger partial charge in [-0.2, -0.15) is 5.10 Å².